The number of hydrogen-bond acceptors (Lipinski definition) is 4. The number of benzene rings is 5. The van der Waals surface area contributed by atoms with Crippen LogP contribution in [0.4, 0.5) is 5.69 Å². The van der Waals surface area contributed by atoms with E-state index in [0.29, 0.717) is 23.9 Å². The Morgan fingerprint density at radius 3 is 2.16 bits per heavy atom. The van der Waals surface area contributed by atoms with Crippen molar-refractivity contribution < 1.29 is 0 Å². The van der Waals surface area contributed by atoms with Crippen LogP contribution in [0.3, 0.4) is 0 Å². The van der Waals surface area contributed by atoms with Gasteiger partial charge in [0.05, 0.1) is 17.5 Å². The molecule has 5 aromatic rings. The fourth-order valence-corrected chi connectivity index (χ4v) is 12.4. The van der Waals surface area contributed by atoms with Crippen LogP contribution in [0.1, 0.15) is 71.0 Å². The van der Waals surface area contributed by atoms with Crippen LogP contribution in [0, 0.1) is 5.92 Å². The van der Waals surface area contributed by atoms with Crippen LogP contribution in [0.5, 0.6) is 0 Å². The monoisotopic (exact) mass is 694 g/mol. The normalized spacial score (nSPS) is 26.2. The van der Waals surface area contributed by atoms with Crippen LogP contribution in [0.25, 0.3) is 0 Å². The third-order valence-corrected chi connectivity index (χ3v) is 14.4. The molecule has 4 heteroatoms. The summed E-state index contributed by atoms with van der Waals surface area (Å²) >= 11 is 3.89. The maximum atomic E-state index is 3.59. The zero-order chi connectivity index (χ0) is 33.5. The third kappa shape index (κ3) is 4.39. The second-order valence-electron chi connectivity index (χ2n) is 14.7. The zero-order valence-electron chi connectivity index (χ0n) is 28.3. The Bertz CT molecular complexity index is 2330. The number of fused-ring (bicyclic) bond motifs is 10. The van der Waals surface area contributed by atoms with Gasteiger partial charge in [-0.05, 0) is 113 Å². The van der Waals surface area contributed by atoms with E-state index in [1.165, 1.54) is 64.3 Å². The van der Waals surface area contributed by atoms with Crippen LogP contribution in [-0.4, -0.2) is 6.04 Å². The second kappa shape index (κ2) is 11.7. The van der Waals surface area contributed by atoms with Gasteiger partial charge in [-0.15, -0.1) is 0 Å². The van der Waals surface area contributed by atoms with Crippen molar-refractivity contribution in [3.05, 3.63) is 196 Å². The summed E-state index contributed by atoms with van der Waals surface area (Å²) in [6.45, 7) is 0. The molecule has 1 N–H and O–H groups in total. The van der Waals surface area contributed by atoms with Crippen molar-refractivity contribution in [3.63, 3.8) is 0 Å². The fourth-order valence-electron chi connectivity index (χ4n) is 10.0. The molecule has 0 saturated carbocycles. The molecule has 6 aliphatic rings. The van der Waals surface area contributed by atoms with Gasteiger partial charge in [-0.1, -0.05) is 127 Å². The molecule has 11 rings (SSSR count). The molecule has 2 aliphatic carbocycles. The number of rotatable bonds is 3. The van der Waals surface area contributed by atoms with Crippen LogP contribution in [-0.2, 0) is 5.41 Å². The highest BCUT2D eigenvalue weighted by Crippen LogP contribution is 2.62. The van der Waals surface area contributed by atoms with Crippen LogP contribution in [0.2, 0.25) is 0 Å². The summed E-state index contributed by atoms with van der Waals surface area (Å²) in [4.78, 5) is 8.14. The van der Waals surface area contributed by atoms with Crippen molar-refractivity contribution in [3.8, 4) is 0 Å². The average molecular weight is 695 g/mol. The molecule has 0 radical (unpaired) electrons. The second-order valence-corrected chi connectivity index (χ2v) is 16.8. The molecule has 5 unspecified atom stereocenters. The first-order valence-corrected chi connectivity index (χ1v) is 20.1. The van der Waals surface area contributed by atoms with Crippen molar-refractivity contribution in [2.45, 2.75) is 68.7 Å². The molecule has 4 heterocycles. The van der Waals surface area contributed by atoms with Gasteiger partial charge in [-0.25, -0.2) is 0 Å². The summed E-state index contributed by atoms with van der Waals surface area (Å²) in [6.07, 6.45) is 18.5. The van der Waals surface area contributed by atoms with E-state index in [-0.39, 0.29) is 0 Å². The Balaban J connectivity index is 1.13. The standard InChI is InChI=1S/C47H38N2S2/c1-2-12-32(13-3-1)49-41-20-7-4-14-34(41)35-16-10-15-33(46(35)49)30-24-26-44-39(28-30)47(36-17-5-8-21-42(36)50-44)37-18-6-9-22-43(37)51-45-29-31(23-25-38(45)47)40-19-11-27-48-40/h1-3,5-13,16-18,20-29,33,35,40,46,48H,4,14-15,19H2. The topological polar surface area (TPSA) is 15.3 Å². The SMILES string of the molecule is C1=CC2=C(CC1)C1C=CCC(c3ccc4c(c3)C3(c5ccccc5Sc5cc(C6CC=CN6)ccc53)c3ccccc3S4)C1N2c1ccccc1. The molecule has 51 heavy (non-hydrogen) atoms. The quantitative estimate of drug-likeness (QED) is 0.185. The molecule has 248 valence electrons. The number of hydrogen-bond donors (Lipinski definition) is 1. The molecule has 0 saturated heterocycles. The summed E-state index contributed by atoms with van der Waals surface area (Å²) in [5, 5.41) is 3.59. The summed E-state index contributed by atoms with van der Waals surface area (Å²) in [7, 11) is 0. The average Bonchev–Trinajstić information content (AvgIpc) is 3.85. The lowest BCUT2D eigenvalue weighted by molar-refractivity contribution is 0.453. The zero-order valence-corrected chi connectivity index (χ0v) is 30.0. The number of nitrogens with zero attached hydrogens (tertiary/aromatic N) is 1. The molecule has 2 nitrogen and oxygen atoms in total. The Morgan fingerprint density at radius 2 is 1.35 bits per heavy atom. The lowest BCUT2D eigenvalue weighted by Gasteiger charge is -2.46. The van der Waals surface area contributed by atoms with E-state index in [2.05, 4.69) is 162 Å². The summed E-state index contributed by atoms with van der Waals surface area (Å²) in [5.74, 6) is 0.786. The minimum atomic E-state index is -0.414. The van der Waals surface area contributed by atoms with Crippen LogP contribution < -0.4 is 10.2 Å². The molecule has 4 aliphatic heterocycles. The van der Waals surface area contributed by atoms with Gasteiger partial charge in [-0.3, -0.25) is 0 Å². The molecule has 1 spiro atoms. The van der Waals surface area contributed by atoms with Crippen molar-refractivity contribution >= 4 is 29.2 Å². The van der Waals surface area contributed by atoms with Crippen LogP contribution >= 0.6 is 23.5 Å². The number of anilines is 1. The summed E-state index contributed by atoms with van der Waals surface area (Å²) in [6, 6.07) is 45.1. The highest BCUT2D eigenvalue weighted by Gasteiger charge is 2.50. The van der Waals surface area contributed by atoms with E-state index in [1.807, 2.05) is 23.5 Å². The van der Waals surface area contributed by atoms with E-state index in [0.717, 1.165) is 25.7 Å². The van der Waals surface area contributed by atoms with E-state index in [4.69, 9.17) is 0 Å². The molecule has 0 amide bonds. The molecule has 0 bridgehead atoms. The van der Waals surface area contributed by atoms with Crippen molar-refractivity contribution in [1.29, 1.82) is 0 Å². The maximum Gasteiger partial charge on any atom is 0.0745 e. The largest absolute Gasteiger partial charge is 0.384 e. The number of nitrogens with one attached hydrogen (secondary N) is 1. The van der Waals surface area contributed by atoms with Crippen molar-refractivity contribution in [1.82, 2.24) is 5.32 Å². The molecular formula is C47H38N2S2. The Hall–Kier alpha value is -4.64. The van der Waals surface area contributed by atoms with E-state index >= 15 is 0 Å². The lowest BCUT2D eigenvalue weighted by Crippen LogP contribution is -2.41. The molecule has 0 fully saturated rings. The van der Waals surface area contributed by atoms with Crippen LogP contribution in [0.15, 0.2) is 183 Å². The smallest absolute Gasteiger partial charge is 0.0745 e. The first-order valence-electron chi connectivity index (χ1n) is 18.4. The van der Waals surface area contributed by atoms with Gasteiger partial charge in [0, 0.05) is 42.8 Å². The van der Waals surface area contributed by atoms with Gasteiger partial charge in [0.1, 0.15) is 0 Å². The highest BCUT2D eigenvalue weighted by molar-refractivity contribution is 8.00. The molecule has 0 aromatic heterocycles. The highest BCUT2D eigenvalue weighted by atomic mass is 32.2. The number of allylic oxidation sites excluding steroid dienone is 3. The number of para-hydroxylation sites is 1. The molecule has 5 atom stereocenters. The maximum absolute atomic E-state index is 3.59. The molecular weight excluding hydrogens is 657 g/mol. The third-order valence-electron chi connectivity index (χ3n) is 12.1. The lowest BCUT2D eigenvalue weighted by atomic mass is 9.63. The fraction of sp³-hybridized carbons (Fsp3) is 0.191. The predicted octanol–water partition coefficient (Wildman–Crippen LogP) is 11.7. The first-order chi connectivity index (χ1) is 25.3. The van der Waals surface area contributed by atoms with E-state index in [1.54, 1.807) is 5.57 Å². The van der Waals surface area contributed by atoms with Gasteiger partial charge in [0.25, 0.3) is 0 Å². The van der Waals surface area contributed by atoms with Crippen molar-refractivity contribution in [2.24, 2.45) is 5.92 Å². The summed E-state index contributed by atoms with van der Waals surface area (Å²) < 4.78 is 0. The molecule has 5 aromatic carbocycles. The van der Waals surface area contributed by atoms with E-state index in [9.17, 15) is 0 Å². The van der Waals surface area contributed by atoms with Gasteiger partial charge in [0.15, 0.2) is 0 Å². The Kier molecular flexibility index (Phi) is 6.89. The first kappa shape index (κ1) is 30.0. The van der Waals surface area contributed by atoms with Gasteiger partial charge in [0.2, 0.25) is 0 Å². The van der Waals surface area contributed by atoms with E-state index < -0.39 is 5.41 Å². The Morgan fingerprint density at radius 1 is 0.627 bits per heavy atom. The van der Waals surface area contributed by atoms with Crippen molar-refractivity contribution in [2.75, 3.05) is 4.90 Å². The summed E-state index contributed by atoms with van der Waals surface area (Å²) in [5.41, 5.74) is 12.4. The van der Waals surface area contributed by atoms with Gasteiger partial charge >= 0.3 is 0 Å². The minimum absolute atomic E-state index is 0.331. The predicted molar refractivity (Wildman–Crippen MR) is 211 cm³/mol. The van der Waals surface area contributed by atoms with Gasteiger partial charge < -0.3 is 10.2 Å². The minimum Gasteiger partial charge on any atom is -0.384 e. The van der Waals surface area contributed by atoms with Gasteiger partial charge in [-0.2, -0.15) is 0 Å². The Labute approximate surface area is 309 Å².